The molecule has 4 heteroatoms. The molecule has 0 aliphatic heterocycles. The van der Waals surface area contributed by atoms with Gasteiger partial charge >= 0.3 is 0 Å². The van der Waals surface area contributed by atoms with Gasteiger partial charge in [0, 0.05) is 6.42 Å². The number of hydrogen-bond donors (Lipinski definition) is 1. The van der Waals surface area contributed by atoms with E-state index >= 15 is 0 Å². The van der Waals surface area contributed by atoms with Crippen molar-refractivity contribution in [1.29, 1.82) is 0 Å². The largest absolute Gasteiger partial charge is 0.371 e. The van der Waals surface area contributed by atoms with Crippen LogP contribution in [-0.4, -0.2) is 18.4 Å². The van der Waals surface area contributed by atoms with Crippen molar-refractivity contribution in [1.82, 2.24) is 0 Å². The smallest absolute Gasteiger partial charge is 0.145 e. The third-order valence-electron chi connectivity index (χ3n) is 10.7. The molecule has 5 rings (SSSR count). The molecule has 0 fully saturated rings. The van der Waals surface area contributed by atoms with E-state index in [1.165, 1.54) is 70.6 Å². The lowest BCUT2D eigenvalue weighted by molar-refractivity contribution is -0.124. The van der Waals surface area contributed by atoms with E-state index in [-0.39, 0.29) is 12.2 Å². The normalized spacial score (nSPS) is 13.3. The van der Waals surface area contributed by atoms with Gasteiger partial charge in [0.25, 0.3) is 0 Å². The standard InChI is InChI=1S/C51H65NO3/c1-2-3-4-5-6-7-8-9-10-11-12-28-39-48(53-41-43-29-18-13-19-30-43)49(54-42-44-31-20-14-21-32-44)40-50(52)55-51(45-33-22-15-23-34-45,46-35-24-16-25-36-46)47-37-26-17-27-38-47/h13-27,29-38,48-50H,2-12,28,39-42,52H2,1H3/t48-,49+,50?/m1/s1. The Kier molecular flexibility index (Phi) is 18.7. The Morgan fingerprint density at radius 2 is 0.782 bits per heavy atom. The minimum Gasteiger partial charge on any atom is -0.371 e. The number of nitrogens with two attached hydrogens (primary N) is 1. The molecular weight excluding hydrogens is 675 g/mol. The van der Waals surface area contributed by atoms with E-state index in [4.69, 9.17) is 19.9 Å². The first-order chi connectivity index (χ1) is 27.2. The lowest BCUT2D eigenvalue weighted by Gasteiger charge is -2.39. The molecule has 0 saturated heterocycles. The van der Waals surface area contributed by atoms with Crippen LogP contribution >= 0.6 is 0 Å². The molecule has 292 valence electrons. The SMILES string of the molecule is CCCCCCCCCCCCCC[C@@H](OCc1ccccc1)[C@H](CC(N)OC(c1ccccc1)(c1ccccc1)c1ccccc1)OCc1ccccc1. The molecule has 0 radical (unpaired) electrons. The van der Waals surface area contributed by atoms with Gasteiger partial charge in [-0.05, 0) is 34.2 Å². The zero-order chi connectivity index (χ0) is 38.2. The summed E-state index contributed by atoms with van der Waals surface area (Å²) in [5.41, 5.74) is 11.6. The Balaban J connectivity index is 1.34. The summed E-state index contributed by atoms with van der Waals surface area (Å²) in [5, 5.41) is 0. The van der Waals surface area contributed by atoms with E-state index in [0.29, 0.717) is 19.6 Å². The molecule has 5 aromatic carbocycles. The molecule has 0 spiro atoms. The van der Waals surface area contributed by atoms with Gasteiger partial charge in [0.05, 0.1) is 25.4 Å². The number of benzene rings is 5. The van der Waals surface area contributed by atoms with E-state index in [9.17, 15) is 0 Å². The molecule has 0 amide bonds. The average molecular weight is 740 g/mol. The molecule has 0 saturated carbocycles. The van der Waals surface area contributed by atoms with Crippen LogP contribution < -0.4 is 5.73 Å². The Bertz CT molecular complexity index is 1570. The second-order valence-corrected chi connectivity index (χ2v) is 15.0. The van der Waals surface area contributed by atoms with Gasteiger partial charge in [-0.25, -0.2) is 0 Å². The summed E-state index contributed by atoms with van der Waals surface area (Å²) in [6, 6.07) is 52.2. The van der Waals surface area contributed by atoms with Gasteiger partial charge in [0.1, 0.15) is 11.8 Å². The number of rotatable bonds is 27. The number of ether oxygens (including phenoxy) is 3. The van der Waals surface area contributed by atoms with Gasteiger partial charge in [-0.2, -0.15) is 0 Å². The quantitative estimate of drug-likeness (QED) is 0.0331. The van der Waals surface area contributed by atoms with E-state index in [0.717, 1.165) is 40.7 Å². The third-order valence-corrected chi connectivity index (χ3v) is 10.7. The highest BCUT2D eigenvalue weighted by Crippen LogP contribution is 2.41. The minimum absolute atomic E-state index is 0.152. The van der Waals surface area contributed by atoms with Crippen LogP contribution in [0.15, 0.2) is 152 Å². The van der Waals surface area contributed by atoms with Gasteiger partial charge in [-0.1, -0.05) is 236 Å². The van der Waals surface area contributed by atoms with Gasteiger partial charge in [-0.15, -0.1) is 0 Å². The van der Waals surface area contributed by atoms with Crippen molar-refractivity contribution >= 4 is 0 Å². The Hall–Kier alpha value is -4.06. The highest BCUT2D eigenvalue weighted by atomic mass is 16.5. The van der Waals surface area contributed by atoms with Crippen LogP contribution in [0.2, 0.25) is 0 Å². The molecule has 0 aliphatic carbocycles. The van der Waals surface area contributed by atoms with Crippen LogP contribution in [0.5, 0.6) is 0 Å². The summed E-state index contributed by atoms with van der Waals surface area (Å²) in [7, 11) is 0. The van der Waals surface area contributed by atoms with E-state index in [1.54, 1.807) is 0 Å². The predicted octanol–water partition coefficient (Wildman–Crippen LogP) is 12.9. The summed E-state index contributed by atoms with van der Waals surface area (Å²) in [4.78, 5) is 0. The van der Waals surface area contributed by atoms with Crippen LogP contribution in [0.3, 0.4) is 0 Å². The molecular formula is C51H65NO3. The lowest BCUT2D eigenvalue weighted by Crippen LogP contribution is -2.44. The fourth-order valence-electron chi connectivity index (χ4n) is 7.67. The van der Waals surface area contributed by atoms with Gasteiger partial charge in [-0.3, -0.25) is 0 Å². The summed E-state index contributed by atoms with van der Waals surface area (Å²) in [6.07, 6.45) is 16.1. The van der Waals surface area contributed by atoms with E-state index in [2.05, 4.69) is 128 Å². The molecule has 2 N–H and O–H groups in total. The zero-order valence-electron chi connectivity index (χ0n) is 33.3. The third kappa shape index (κ3) is 13.9. The summed E-state index contributed by atoms with van der Waals surface area (Å²) >= 11 is 0. The molecule has 3 atom stereocenters. The van der Waals surface area contributed by atoms with Crippen LogP contribution in [0.1, 0.15) is 125 Å². The van der Waals surface area contributed by atoms with Crippen molar-refractivity contribution in [3.05, 3.63) is 179 Å². The highest BCUT2D eigenvalue weighted by Gasteiger charge is 2.40. The zero-order valence-corrected chi connectivity index (χ0v) is 33.3. The van der Waals surface area contributed by atoms with Crippen LogP contribution in [0.25, 0.3) is 0 Å². The number of unbranched alkanes of at least 4 members (excludes halogenated alkanes) is 11. The molecule has 0 aliphatic rings. The first kappa shape index (κ1) is 42.1. The van der Waals surface area contributed by atoms with Crippen molar-refractivity contribution in [3.8, 4) is 0 Å². The topological polar surface area (TPSA) is 53.7 Å². The molecule has 55 heavy (non-hydrogen) atoms. The van der Waals surface area contributed by atoms with Crippen molar-refractivity contribution in [2.45, 2.75) is 134 Å². The maximum atomic E-state index is 7.25. The fourth-order valence-corrected chi connectivity index (χ4v) is 7.67. The summed E-state index contributed by atoms with van der Waals surface area (Å²) in [6.45, 7) is 3.28. The van der Waals surface area contributed by atoms with Crippen LogP contribution in [0.4, 0.5) is 0 Å². The average Bonchev–Trinajstić information content (AvgIpc) is 3.24. The van der Waals surface area contributed by atoms with Crippen LogP contribution in [0, 0.1) is 0 Å². The molecule has 0 aromatic heterocycles. The highest BCUT2D eigenvalue weighted by molar-refractivity contribution is 5.47. The van der Waals surface area contributed by atoms with Gasteiger partial charge < -0.3 is 19.9 Å². The monoisotopic (exact) mass is 739 g/mol. The van der Waals surface area contributed by atoms with Crippen molar-refractivity contribution in [3.63, 3.8) is 0 Å². The maximum Gasteiger partial charge on any atom is 0.145 e. The molecule has 5 aromatic rings. The van der Waals surface area contributed by atoms with Crippen molar-refractivity contribution in [2.75, 3.05) is 0 Å². The molecule has 0 heterocycles. The minimum atomic E-state index is -0.928. The molecule has 4 nitrogen and oxygen atoms in total. The second-order valence-electron chi connectivity index (χ2n) is 15.0. The predicted molar refractivity (Wildman–Crippen MR) is 229 cm³/mol. The lowest BCUT2D eigenvalue weighted by atomic mass is 9.80. The van der Waals surface area contributed by atoms with Gasteiger partial charge in [0.15, 0.2) is 0 Å². The van der Waals surface area contributed by atoms with Crippen LogP contribution in [-0.2, 0) is 33.0 Å². The van der Waals surface area contributed by atoms with E-state index < -0.39 is 11.8 Å². The van der Waals surface area contributed by atoms with Crippen molar-refractivity contribution < 1.29 is 14.2 Å². The Morgan fingerprint density at radius 1 is 0.436 bits per heavy atom. The summed E-state index contributed by atoms with van der Waals surface area (Å²) < 4.78 is 20.9. The first-order valence-electron chi connectivity index (χ1n) is 21.1. The molecule has 1 unspecified atom stereocenters. The Morgan fingerprint density at radius 3 is 1.18 bits per heavy atom. The van der Waals surface area contributed by atoms with Crippen molar-refractivity contribution in [2.24, 2.45) is 5.73 Å². The number of hydrogen-bond acceptors (Lipinski definition) is 4. The first-order valence-corrected chi connectivity index (χ1v) is 21.1. The summed E-state index contributed by atoms with van der Waals surface area (Å²) in [5.74, 6) is 0. The Labute approximate surface area is 332 Å². The van der Waals surface area contributed by atoms with E-state index in [1.807, 2.05) is 30.3 Å². The molecule has 0 bridgehead atoms. The fraction of sp³-hybridized carbons (Fsp3) is 0.412. The maximum absolute atomic E-state index is 7.25. The van der Waals surface area contributed by atoms with Gasteiger partial charge in [0.2, 0.25) is 0 Å². The second kappa shape index (κ2) is 24.5.